The molecule has 0 aliphatic carbocycles. The van der Waals surface area contributed by atoms with E-state index in [2.05, 4.69) is 5.32 Å². The van der Waals surface area contributed by atoms with Crippen molar-refractivity contribution in [2.24, 2.45) is 0 Å². The van der Waals surface area contributed by atoms with Gasteiger partial charge in [0.15, 0.2) is 0 Å². The predicted molar refractivity (Wildman–Crippen MR) is 96.2 cm³/mol. The fourth-order valence-electron chi connectivity index (χ4n) is 3.24. The third kappa shape index (κ3) is 4.16. The van der Waals surface area contributed by atoms with E-state index in [-0.39, 0.29) is 18.4 Å². The van der Waals surface area contributed by atoms with Crippen LogP contribution < -0.4 is 5.32 Å². The lowest BCUT2D eigenvalue weighted by atomic mass is 10.1. The van der Waals surface area contributed by atoms with Gasteiger partial charge in [0.2, 0.25) is 0 Å². The molecule has 9 heteroatoms. The number of hydrogen-bond donors (Lipinski definition) is 1. The van der Waals surface area contributed by atoms with Crippen molar-refractivity contribution in [3.63, 3.8) is 0 Å². The maximum atomic E-state index is 13.6. The molecule has 2 amide bonds. The first-order valence-corrected chi connectivity index (χ1v) is 10.3. The van der Waals surface area contributed by atoms with Gasteiger partial charge in [0.05, 0.1) is 0 Å². The molecule has 0 bridgehead atoms. The van der Waals surface area contributed by atoms with E-state index in [0.717, 1.165) is 12.8 Å². The summed E-state index contributed by atoms with van der Waals surface area (Å²) in [7, 11) is -3.41. The molecule has 1 N–H and O–H groups in total. The Bertz CT molecular complexity index is 757. The second kappa shape index (κ2) is 7.89. The van der Waals surface area contributed by atoms with Gasteiger partial charge in [0, 0.05) is 45.8 Å². The largest absolute Gasteiger partial charge is 0.334 e. The molecule has 2 aliphatic heterocycles. The third-order valence-electron chi connectivity index (χ3n) is 4.92. The summed E-state index contributed by atoms with van der Waals surface area (Å²) in [5.74, 6) is -0.294. The smallest absolute Gasteiger partial charge is 0.317 e. The van der Waals surface area contributed by atoms with Crippen LogP contribution in [0.3, 0.4) is 0 Å². The number of amides is 2. The van der Waals surface area contributed by atoms with Gasteiger partial charge in [-0.05, 0) is 37.0 Å². The zero-order chi connectivity index (χ0) is 18.7. The number of urea groups is 1. The first-order valence-electron chi connectivity index (χ1n) is 8.91. The number of piperazine rings is 1. The van der Waals surface area contributed by atoms with E-state index in [1.165, 1.54) is 14.7 Å². The van der Waals surface area contributed by atoms with Crippen molar-refractivity contribution in [1.29, 1.82) is 0 Å². The molecule has 2 fully saturated rings. The molecule has 2 heterocycles. The van der Waals surface area contributed by atoms with Crippen molar-refractivity contribution in [3.05, 3.63) is 35.1 Å². The topological polar surface area (TPSA) is 73.0 Å². The Morgan fingerprint density at radius 1 is 1.08 bits per heavy atom. The molecule has 3 rings (SSSR count). The number of carbonyl (C=O) groups excluding carboxylic acids is 1. The van der Waals surface area contributed by atoms with Crippen LogP contribution in [0.5, 0.6) is 0 Å². The Morgan fingerprint density at radius 3 is 2.31 bits per heavy atom. The predicted octanol–water partition coefficient (Wildman–Crippen LogP) is 1.30. The molecule has 0 saturated carbocycles. The van der Waals surface area contributed by atoms with Gasteiger partial charge in [-0.2, -0.15) is 17.0 Å². The molecular formula is C17H25FN4O3S. The van der Waals surface area contributed by atoms with Crippen molar-refractivity contribution >= 4 is 16.2 Å². The summed E-state index contributed by atoms with van der Waals surface area (Å²) in [5, 5.41) is 2.77. The van der Waals surface area contributed by atoms with E-state index < -0.39 is 10.2 Å². The van der Waals surface area contributed by atoms with Crippen molar-refractivity contribution in [2.45, 2.75) is 26.3 Å². The summed E-state index contributed by atoms with van der Waals surface area (Å²) in [4.78, 5) is 13.9. The molecule has 1 aromatic rings. The van der Waals surface area contributed by atoms with Gasteiger partial charge >= 0.3 is 6.03 Å². The molecule has 2 saturated heterocycles. The Balaban J connectivity index is 1.49. The van der Waals surface area contributed by atoms with Crippen molar-refractivity contribution in [2.75, 3.05) is 39.3 Å². The Kier molecular flexibility index (Phi) is 5.79. The van der Waals surface area contributed by atoms with Gasteiger partial charge < -0.3 is 10.2 Å². The SMILES string of the molecule is Cc1ccc(CNC(=O)N2CCN(S(=O)(=O)N3CCCC3)CC2)cc1F. The number of aryl methyl sites for hydroxylation is 1. The number of rotatable bonds is 4. The van der Waals surface area contributed by atoms with Crippen LogP contribution in [-0.2, 0) is 16.8 Å². The monoisotopic (exact) mass is 384 g/mol. The summed E-state index contributed by atoms with van der Waals surface area (Å²) in [6, 6.07) is 4.61. The minimum atomic E-state index is -3.41. The third-order valence-corrected chi connectivity index (χ3v) is 6.96. The summed E-state index contributed by atoms with van der Waals surface area (Å²) in [6.45, 7) is 4.38. The molecule has 26 heavy (non-hydrogen) atoms. The average Bonchev–Trinajstić information content (AvgIpc) is 3.18. The zero-order valence-corrected chi connectivity index (χ0v) is 15.8. The summed E-state index contributed by atoms with van der Waals surface area (Å²) in [6.07, 6.45) is 1.81. The van der Waals surface area contributed by atoms with Crippen molar-refractivity contribution in [1.82, 2.24) is 18.8 Å². The lowest BCUT2D eigenvalue weighted by Crippen LogP contribution is -2.55. The maximum Gasteiger partial charge on any atom is 0.317 e. The highest BCUT2D eigenvalue weighted by Gasteiger charge is 2.34. The first kappa shape index (κ1) is 19.1. The summed E-state index contributed by atoms with van der Waals surface area (Å²) >= 11 is 0. The van der Waals surface area contributed by atoms with Gasteiger partial charge in [-0.1, -0.05) is 12.1 Å². The van der Waals surface area contributed by atoms with Gasteiger partial charge in [-0.15, -0.1) is 0 Å². The normalized spacial score (nSPS) is 19.7. The molecule has 0 spiro atoms. The van der Waals surface area contributed by atoms with E-state index in [0.29, 0.717) is 50.4 Å². The van der Waals surface area contributed by atoms with E-state index in [9.17, 15) is 17.6 Å². The van der Waals surface area contributed by atoms with E-state index in [4.69, 9.17) is 0 Å². The summed E-state index contributed by atoms with van der Waals surface area (Å²) < 4.78 is 41.6. The fourth-order valence-corrected chi connectivity index (χ4v) is 4.91. The number of nitrogens with one attached hydrogen (secondary N) is 1. The van der Waals surface area contributed by atoms with Crippen LogP contribution in [0.25, 0.3) is 0 Å². The number of carbonyl (C=O) groups is 1. The highest BCUT2D eigenvalue weighted by molar-refractivity contribution is 7.86. The average molecular weight is 384 g/mol. The number of nitrogens with zero attached hydrogens (tertiary/aromatic N) is 3. The zero-order valence-electron chi connectivity index (χ0n) is 14.9. The van der Waals surface area contributed by atoms with Crippen molar-refractivity contribution in [3.8, 4) is 0 Å². The molecule has 0 radical (unpaired) electrons. The molecule has 0 unspecified atom stereocenters. The quantitative estimate of drug-likeness (QED) is 0.851. The minimum Gasteiger partial charge on any atom is -0.334 e. The van der Waals surface area contributed by atoms with Crippen LogP contribution in [0.1, 0.15) is 24.0 Å². The summed E-state index contributed by atoms with van der Waals surface area (Å²) in [5.41, 5.74) is 1.26. The van der Waals surface area contributed by atoms with Crippen LogP contribution >= 0.6 is 0 Å². The number of benzene rings is 1. The van der Waals surface area contributed by atoms with Crippen LogP contribution in [-0.4, -0.2) is 67.2 Å². The molecule has 1 aromatic carbocycles. The number of halogens is 1. The first-order chi connectivity index (χ1) is 12.4. The Morgan fingerprint density at radius 2 is 1.69 bits per heavy atom. The van der Waals surface area contributed by atoms with Gasteiger partial charge in [-0.25, -0.2) is 9.18 Å². The van der Waals surface area contributed by atoms with E-state index >= 15 is 0 Å². The van der Waals surface area contributed by atoms with Crippen LogP contribution in [0.15, 0.2) is 18.2 Å². The van der Waals surface area contributed by atoms with Gasteiger partial charge in [0.1, 0.15) is 5.82 Å². The fraction of sp³-hybridized carbons (Fsp3) is 0.588. The second-order valence-electron chi connectivity index (χ2n) is 6.74. The van der Waals surface area contributed by atoms with Crippen LogP contribution in [0.4, 0.5) is 9.18 Å². The molecule has 7 nitrogen and oxygen atoms in total. The van der Waals surface area contributed by atoms with Gasteiger partial charge in [0.25, 0.3) is 10.2 Å². The maximum absolute atomic E-state index is 13.6. The molecule has 2 aliphatic rings. The lowest BCUT2D eigenvalue weighted by molar-refractivity contribution is 0.169. The van der Waals surface area contributed by atoms with Crippen LogP contribution in [0, 0.1) is 12.7 Å². The lowest BCUT2D eigenvalue weighted by Gasteiger charge is -2.35. The molecule has 144 valence electrons. The van der Waals surface area contributed by atoms with Gasteiger partial charge in [-0.3, -0.25) is 0 Å². The Labute approximate surface area is 153 Å². The standard InChI is InChI=1S/C17H25FN4O3S/c1-14-4-5-15(12-16(14)18)13-19-17(23)20-8-10-22(11-9-20)26(24,25)21-6-2-3-7-21/h4-5,12H,2-3,6-11,13H2,1H3,(H,19,23). The molecule has 0 aromatic heterocycles. The van der Waals surface area contributed by atoms with E-state index in [1.54, 1.807) is 24.0 Å². The van der Waals surface area contributed by atoms with E-state index in [1.807, 2.05) is 0 Å². The highest BCUT2D eigenvalue weighted by atomic mass is 32.2. The minimum absolute atomic E-state index is 0.238. The van der Waals surface area contributed by atoms with Crippen LogP contribution in [0.2, 0.25) is 0 Å². The molecular weight excluding hydrogens is 359 g/mol. The number of hydrogen-bond acceptors (Lipinski definition) is 3. The second-order valence-corrected chi connectivity index (χ2v) is 8.67. The highest BCUT2D eigenvalue weighted by Crippen LogP contribution is 2.18. The Hall–Kier alpha value is -1.71. The van der Waals surface area contributed by atoms with Crippen molar-refractivity contribution < 1.29 is 17.6 Å². The molecule has 0 atom stereocenters.